The van der Waals surface area contributed by atoms with Gasteiger partial charge in [0, 0.05) is 23.7 Å². The average Bonchev–Trinajstić information content (AvgIpc) is 3.52. The molecular weight excluding hydrogens is 617 g/mol. The highest BCUT2D eigenvalue weighted by atomic mass is 19.1. The van der Waals surface area contributed by atoms with Gasteiger partial charge in [-0.1, -0.05) is 109 Å². The summed E-state index contributed by atoms with van der Waals surface area (Å²) in [5.41, 5.74) is 5.67. The Morgan fingerprint density at radius 1 is 0.633 bits per heavy atom. The van der Waals surface area contributed by atoms with Crippen LogP contribution in [0.3, 0.4) is 0 Å². The van der Waals surface area contributed by atoms with Crippen molar-refractivity contribution in [2.75, 3.05) is 13.7 Å². The first-order chi connectivity index (χ1) is 24.2. The molecule has 1 aromatic heterocycles. The molecule has 0 amide bonds. The van der Waals surface area contributed by atoms with Gasteiger partial charge in [-0.05, 0) is 46.5 Å². The summed E-state index contributed by atoms with van der Waals surface area (Å²) >= 11 is 0. The van der Waals surface area contributed by atoms with E-state index in [1.54, 1.807) is 13.2 Å². The Hall–Kier alpha value is -4.79. The number of rotatable bonds is 13. The molecule has 6 nitrogen and oxygen atoms in total. The van der Waals surface area contributed by atoms with Gasteiger partial charge in [-0.3, -0.25) is 0 Å². The first-order valence-electron chi connectivity index (χ1n) is 16.6. The number of hydrogen-bond acceptors (Lipinski definition) is 5. The number of halogens is 1. The summed E-state index contributed by atoms with van der Waals surface area (Å²) in [5, 5.41) is 0.514. The minimum atomic E-state index is -0.627. The maximum absolute atomic E-state index is 15.9. The second kappa shape index (κ2) is 15.6. The van der Waals surface area contributed by atoms with Crippen LogP contribution in [0.25, 0.3) is 10.9 Å². The zero-order valence-electron chi connectivity index (χ0n) is 27.5. The van der Waals surface area contributed by atoms with Gasteiger partial charge in [0.1, 0.15) is 36.0 Å². The van der Waals surface area contributed by atoms with E-state index < -0.39 is 24.4 Å². The van der Waals surface area contributed by atoms with Crippen molar-refractivity contribution < 1.29 is 28.1 Å². The quantitative estimate of drug-likeness (QED) is 0.124. The Balaban J connectivity index is 1.26. The van der Waals surface area contributed by atoms with Crippen LogP contribution in [0, 0.1) is 5.82 Å². The zero-order chi connectivity index (χ0) is 33.4. The van der Waals surface area contributed by atoms with Crippen LogP contribution in [0.2, 0.25) is 0 Å². The number of benzene rings is 5. The highest BCUT2D eigenvalue weighted by Crippen LogP contribution is 2.40. The van der Waals surface area contributed by atoms with Crippen LogP contribution >= 0.6 is 0 Å². The molecule has 0 N–H and O–H groups in total. The Morgan fingerprint density at radius 2 is 1.20 bits per heavy atom. The summed E-state index contributed by atoms with van der Waals surface area (Å²) < 4.78 is 50.1. The Bertz CT molecular complexity index is 1910. The molecule has 1 aliphatic heterocycles. The molecule has 250 valence electrons. The Labute approximate surface area is 286 Å². The molecule has 4 atom stereocenters. The molecule has 7 rings (SSSR count). The SMILES string of the molecule is COc1ccc(Cn2cc(C3OCC(OCc4ccccc4)C(OCc4ccccc4)C3OCc3ccccc3)c3c(F)cccc32)cc1. The average molecular weight is 658 g/mol. The van der Waals surface area contributed by atoms with E-state index in [9.17, 15) is 0 Å². The summed E-state index contributed by atoms with van der Waals surface area (Å²) in [7, 11) is 1.65. The standard InChI is InChI=1S/C42H40FNO5/c1-45-34-22-20-30(21-23-34)24-44-25-35(39-36(43)18-11-19-37(39)44)40-42(48-28-33-16-9-4-10-17-33)41(47-27-32-14-7-3-8-15-32)38(29-49-40)46-26-31-12-5-2-6-13-31/h2-23,25,38,40-42H,24,26-29H2,1H3. The molecule has 7 heteroatoms. The van der Waals surface area contributed by atoms with Crippen molar-refractivity contribution in [3.63, 3.8) is 0 Å². The van der Waals surface area contributed by atoms with E-state index in [-0.39, 0.29) is 12.4 Å². The summed E-state index contributed by atoms with van der Waals surface area (Å²) in [4.78, 5) is 0. The molecule has 1 aliphatic rings. The molecule has 1 fully saturated rings. The van der Waals surface area contributed by atoms with Gasteiger partial charge in [0.05, 0.1) is 39.1 Å². The van der Waals surface area contributed by atoms with Gasteiger partial charge in [0.25, 0.3) is 0 Å². The van der Waals surface area contributed by atoms with Crippen molar-refractivity contribution in [2.24, 2.45) is 0 Å². The summed E-state index contributed by atoms with van der Waals surface area (Å²) in [6.45, 7) is 1.88. The third-order valence-electron chi connectivity index (χ3n) is 9.01. The van der Waals surface area contributed by atoms with Gasteiger partial charge in [-0.2, -0.15) is 0 Å². The minimum Gasteiger partial charge on any atom is -0.497 e. The van der Waals surface area contributed by atoms with Crippen LogP contribution in [0.4, 0.5) is 4.39 Å². The van der Waals surface area contributed by atoms with Crippen molar-refractivity contribution in [1.29, 1.82) is 0 Å². The molecule has 6 aromatic rings. The van der Waals surface area contributed by atoms with E-state index in [4.69, 9.17) is 23.7 Å². The highest BCUT2D eigenvalue weighted by molar-refractivity contribution is 5.85. The number of methoxy groups -OCH3 is 1. The van der Waals surface area contributed by atoms with E-state index >= 15 is 4.39 Å². The fourth-order valence-corrected chi connectivity index (χ4v) is 6.49. The molecule has 0 radical (unpaired) electrons. The lowest BCUT2D eigenvalue weighted by Gasteiger charge is -2.42. The highest BCUT2D eigenvalue weighted by Gasteiger charge is 2.45. The van der Waals surface area contributed by atoms with Gasteiger partial charge in [-0.25, -0.2) is 4.39 Å². The van der Waals surface area contributed by atoms with Crippen molar-refractivity contribution in [3.05, 3.63) is 173 Å². The van der Waals surface area contributed by atoms with Crippen LogP contribution in [0.1, 0.15) is 33.9 Å². The van der Waals surface area contributed by atoms with E-state index in [2.05, 4.69) is 4.57 Å². The predicted molar refractivity (Wildman–Crippen MR) is 188 cm³/mol. The molecule has 0 bridgehead atoms. The van der Waals surface area contributed by atoms with Crippen LogP contribution in [0.15, 0.2) is 140 Å². The number of aromatic nitrogens is 1. The third-order valence-corrected chi connectivity index (χ3v) is 9.01. The predicted octanol–water partition coefficient (Wildman–Crippen LogP) is 8.66. The Morgan fingerprint density at radius 3 is 1.80 bits per heavy atom. The van der Waals surface area contributed by atoms with E-state index in [1.807, 2.05) is 128 Å². The van der Waals surface area contributed by atoms with Gasteiger partial charge in [0.2, 0.25) is 0 Å². The molecule has 4 unspecified atom stereocenters. The fourth-order valence-electron chi connectivity index (χ4n) is 6.49. The van der Waals surface area contributed by atoms with Crippen LogP contribution in [0.5, 0.6) is 5.75 Å². The maximum atomic E-state index is 15.9. The van der Waals surface area contributed by atoms with Gasteiger partial charge < -0.3 is 28.3 Å². The maximum Gasteiger partial charge on any atom is 0.132 e. The van der Waals surface area contributed by atoms with Crippen molar-refractivity contribution >= 4 is 10.9 Å². The van der Waals surface area contributed by atoms with E-state index in [0.29, 0.717) is 31.8 Å². The van der Waals surface area contributed by atoms with Crippen molar-refractivity contribution in [1.82, 2.24) is 4.57 Å². The van der Waals surface area contributed by atoms with Crippen molar-refractivity contribution in [3.8, 4) is 5.75 Å². The molecule has 0 spiro atoms. The largest absolute Gasteiger partial charge is 0.497 e. The van der Waals surface area contributed by atoms with Crippen LogP contribution in [-0.4, -0.2) is 36.6 Å². The lowest BCUT2D eigenvalue weighted by molar-refractivity contribution is -0.240. The molecular formula is C42H40FNO5. The number of nitrogens with zero attached hydrogens (tertiary/aromatic N) is 1. The molecule has 0 saturated carbocycles. The van der Waals surface area contributed by atoms with Crippen LogP contribution < -0.4 is 4.74 Å². The number of hydrogen-bond donors (Lipinski definition) is 0. The first kappa shape index (κ1) is 32.7. The zero-order valence-corrected chi connectivity index (χ0v) is 27.5. The summed E-state index contributed by atoms with van der Waals surface area (Å²) in [6.07, 6.45) is -0.187. The smallest absolute Gasteiger partial charge is 0.132 e. The molecule has 1 saturated heterocycles. The topological polar surface area (TPSA) is 51.1 Å². The first-order valence-corrected chi connectivity index (χ1v) is 16.6. The van der Waals surface area contributed by atoms with E-state index in [0.717, 1.165) is 39.1 Å². The summed E-state index contributed by atoms with van der Waals surface area (Å²) in [6, 6.07) is 43.3. The fraction of sp³-hybridized carbons (Fsp3) is 0.238. The molecule has 2 heterocycles. The van der Waals surface area contributed by atoms with Gasteiger partial charge in [0.15, 0.2) is 0 Å². The second-order valence-electron chi connectivity index (χ2n) is 12.3. The molecule has 5 aromatic carbocycles. The van der Waals surface area contributed by atoms with Crippen LogP contribution in [-0.2, 0) is 45.3 Å². The molecule has 49 heavy (non-hydrogen) atoms. The Kier molecular flexibility index (Phi) is 10.4. The summed E-state index contributed by atoms with van der Waals surface area (Å²) in [5.74, 6) is 0.475. The normalized spacial score (nSPS) is 19.2. The third kappa shape index (κ3) is 7.77. The van der Waals surface area contributed by atoms with Gasteiger partial charge in [-0.15, -0.1) is 0 Å². The van der Waals surface area contributed by atoms with E-state index in [1.165, 1.54) is 6.07 Å². The monoisotopic (exact) mass is 657 g/mol. The lowest BCUT2D eigenvalue weighted by Crippen LogP contribution is -2.52. The minimum absolute atomic E-state index is 0.252. The second-order valence-corrected chi connectivity index (χ2v) is 12.3. The van der Waals surface area contributed by atoms with Gasteiger partial charge >= 0.3 is 0 Å². The molecule has 0 aliphatic carbocycles. The lowest BCUT2D eigenvalue weighted by atomic mass is 9.93. The van der Waals surface area contributed by atoms with Crippen molar-refractivity contribution in [2.45, 2.75) is 50.8 Å². The number of fused-ring (bicyclic) bond motifs is 1. The number of ether oxygens (including phenoxy) is 5.